The number of anilines is 1. The van der Waals surface area contributed by atoms with Gasteiger partial charge in [0.25, 0.3) is 0 Å². The van der Waals surface area contributed by atoms with Crippen molar-refractivity contribution >= 4 is 11.6 Å². The number of guanidine groups is 1. The van der Waals surface area contributed by atoms with Gasteiger partial charge >= 0.3 is 0 Å². The summed E-state index contributed by atoms with van der Waals surface area (Å²) in [5, 5.41) is 6.91. The Kier molecular flexibility index (Phi) is 7.45. The molecule has 1 fully saturated rings. The molecule has 0 amide bonds. The van der Waals surface area contributed by atoms with E-state index in [1.165, 1.54) is 11.3 Å². The fourth-order valence-electron chi connectivity index (χ4n) is 3.51. The van der Waals surface area contributed by atoms with Crippen LogP contribution in [0.25, 0.3) is 0 Å². The molecular formula is C24H30N4O2. The van der Waals surface area contributed by atoms with E-state index in [1.807, 2.05) is 18.2 Å². The lowest BCUT2D eigenvalue weighted by Gasteiger charge is -2.20. The van der Waals surface area contributed by atoms with Crippen LogP contribution in [0.5, 0.6) is 11.5 Å². The third-order valence-corrected chi connectivity index (χ3v) is 5.15. The van der Waals surface area contributed by atoms with Gasteiger partial charge in [-0.25, -0.2) is 0 Å². The van der Waals surface area contributed by atoms with Gasteiger partial charge in [0.05, 0.1) is 7.11 Å². The summed E-state index contributed by atoms with van der Waals surface area (Å²) in [6.07, 6.45) is 6.37. The topological polar surface area (TPSA) is 58.1 Å². The number of ether oxygens (including phenoxy) is 2. The van der Waals surface area contributed by atoms with E-state index in [0.717, 1.165) is 31.0 Å². The molecule has 0 saturated carbocycles. The number of hydrogen-bond acceptors (Lipinski definition) is 4. The average molecular weight is 407 g/mol. The van der Waals surface area contributed by atoms with Gasteiger partial charge < -0.3 is 25.0 Å². The van der Waals surface area contributed by atoms with Gasteiger partial charge in [-0.1, -0.05) is 29.7 Å². The first-order valence-corrected chi connectivity index (χ1v) is 10.1. The zero-order valence-corrected chi connectivity index (χ0v) is 17.9. The fraction of sp³-hybridized carbons (Fsp3) is 0.375. The third-order valence-electron chi connectivity index (χ3n) is 5.15. The van der Waals surface area contributed by atoms with Gasteiger partial charge in [-0.15, -0.1) is 6.42 Å². The molecule has 0 aliphatic carbocycles. The zero-order valence-electron chi connectivity index (χ0n) is 17.9. The van der Waals surface area contributed by atoms with Gasteiger partial charge in [-0.3, -0.25) is 4.99 Å². The van der Waals surface area contributed by atoms with Crippen molar-refractivity contribution < 1.29 is 9.47 Å². The lowest BCUT2D eigenvalue weighted by molar-refractivity contribution is 0.330. The molecule has 158 valence electrons. The maximum Gasteiger partial charge on any atom is 0.191 e. The van der Waals surface area contributed by atoms with Crippen molar-refractivity contribution in [2.75, 3.05) is 38.8 Å². The maximum atomic E-state index is 5.58. The SMILES string of the molecule is C#CCOc1cc(CNC(=NC)NC2CCN(c3ccc(C)cc3)C2)ccc1OC. The van der Waals surface area contributed by atoms with Gasteiger partial charge in [0.2, 0.25) is 0 Å². The van der Waals surface area contributed by atoms with Gasteiger partial charge in [-0.2, -0.15) is 0 Å². The second-order valence-corrected chi connectivity index (χ2v) is 7.32. The Morgan fingerprint density at radius 3 is 2.73 bits per heavy atom. The molecule has 2 aromatic rings. The molecule has 2 N–H and O–H groups in total. The van der Waals surface area contributed by atoms with Crippen molar-refractivity contribution in [2.24, 2.45) is 4.99 Å². The van der Waals surface area contributed by atoms with E-state index in [4.69, 9.17) is 15.9 Å². The van der Waals surface area contributed by atoms with Crippen LogP contribution < -0.4 is 25.0 Å². The second kappa shape index (κ2) is 10.4. The fourth-order valence-corrected chi connectivity index (χ4v) is 3.51. The largest absolute Gasteiger partial charge is 0.493 e. The van der Waals surface area contributed by atoms with Crippen LogP contribution in [-0.4, -0.2) is 45.9 Å². The molecule has 1 aliphatic heterocycles. The normalized spacial score (nSPS) is 16.1. The smallest absolute Gasteiger partial charge is 0.191 e. The maximum absolute atomic E-state index is 5.58. The molecule has 6 nitrogen and oxygen atoms in total. The first-order chi connectivity index (χ1) is 14.6. The summed E-state index contributed by atoms with van der Waals surface area (Å²) < 4.78 is 10.9. The quantitative estimate of drug-likeness (QED) is 0.421. The van der Waals surface area contributed by atoms with E-state index < -0.39 is 0 Å². The highest BCUT2D eigenvalue weighted by atomic mass is 16.5. The summed E-state index contributed by atoms with van der Waals surface area (Å²) in [5.74, 6) is 4.57. The minimum Gasteiger partial charge on any atom is -0.493 e. The van der Waals surface area contributed by atoms with E-state index >= 15 is 0 Å². The summed E-state index contributed by atoms with van der Waals surface area (Å²) in [6, 6.07) is 14.9. The van der Waals surface area contributed by atoms with Crippen molar-refractivity contribution in [3.05, 3.63) is 53.6 Å². The van der Waals surface area contributed by atoms with Crippen LogP contribution >= 0.6 is 0 Å². The number of hydrogen-bond donors (Lipinski definition) is 2. The van der Waals surface area contributed by atoms with Crippen LogP contribution in [0.3, 0.4) is 0 Å². The Labute approximate surface area is 179 Å². The summed E-state index contributed by atoms with van der Waals surface area (Å²) in [6.45, 7) is 4.92. The molecule has 2 aromatic carbocycles. The molecule has 1 unspecified atom stereocenters. The molecular weight excluding hydrogens is 376 g/mol. The van der Waals surface area contributed by atoms with Gasteiger partial charge in [0.1, 0.15) is 6.61 Å². The number of nitrogens with zero attached hydrogens (tertiary/aromatic N) is 2. The molecule has 0 spiro atoms. The first kappa shape index (κ1) is 21.4. The standard InChI is InChI=1S/C24H30N4O2/c1-5-14-30-23-15-19(8-11-22(23)29-4)16-26-24(25-3)27-20-12-13-28(17-20)21-9-6-18(2)7-10-21/h1,6-11,15,20H,12-14,16-17H2,2-4H3,(H2,25,26,27). The number of terminal acetylenes is 1. The second-order valence-electron chi connectivity index (χ2n) is 7.32. The summed E-state index contributed by atoms with van der Waals surface area (Å²) in [7, 11) is 3.40. The molecule has 1 saturated heterocycles. The van der Waals surface area contributed by atoms with E-state index in [-0.39, 0.29) is 6.61 Å². The molecule has 3 rings (SSSR count). The molecule has 1 heterocycles. The predicted molar refractivity (Wildman–Crippen MR) is 122 cm³/mol. The first-order valence-electron chi connectivity index (χ1n) is 10.1. The van der Waals surface area contributed by atoms with Crippen molar-refractivity contribution in [3.8, 4) is 23.8 Å². The Hall–Kier alpha value is -3.33. The van der Waals surface area contributed by atoms with Crippen LogP contribution in [0, 0.1) is 19.3 Å². The highest BCUT2D eigenvalue weighted by Gasteiger charge is 2.23. The van der Waals surface area contributed by atoms with Crippen molar-refractivity contribution in [1.82, 2.24) is 10.6 Å². The minimum atomic E-state index is 0.204. The molecule has 6 heteroatoms. The number of aryl methyl sites for hydroxylation is 1. The highest BCUT2D eigenvalue weighted by Crippen LogP contribution is 2.28. The lowest BCUT2D eigenvalue weighted by Crippen LogP contribution is -2.44. The van der Waals surface area contributed by atoms with Crippen molar-refractivity contribution in [2.45, 2.75) is 25.9 Å². The Bertz CT molecular complexity index is 902. The lowest BCUT2D eigenvalue weighted by atomic mass is 10.2. The molecule has 30 heavy (non-hydrogen) atoms. The molecule has 0 bridgehead atoms. The summed E-state index contributed by atoms with van der Waals surface area (Å²) in [4.78, 5) is 6.78. The number of aliphatic imine (C=N–C) groups is 1. The highest BCUT2D eigenvalue weighted by molar-refractivity contribution is 5.80. The molecule has 1 atom stereocenters. The van der Waals surface area contributed by atoms with E-state index in [1.54, 1.807) is 14.2 Å². The number of benzene rings is 2. The predicted octanol–water partition coefficient (Wildman–Crippen LogP) is 2.96. The van der Waals surface area contributed by atoms with Crippen molar-refractivity contribution in [3.63, 3.8) is 0 Å². The van der Waals surface area contributed by atoms with Crippen LogP contribution in [0.1, 0.15) is 17.5 Å². The average Bonchev–Trinajstić information content (AvgIpc) is 3.24. The number of methoxy groups -OCH3 is 1. The van der Waals surface area contributed by atoms with E-state index in [0.29, 0.717) is 24.1 Å². The summed E-state index contributed by atoms with van der Waals surface area (Å²) in [5.41, 5.74) is 3.60. The van der Waals surface area contributed by atoms with Gasteiger partial charge in [0, 0.05) is 38.4 Å². The van der Waals surface area contributed by atoms with E-state index in [2.05, 4.69) is 57.6 Å². The number of nitrogens with one attached hydrogen (secondary N) is 2. The monoisotopic (exact) mass is 406 g/mol. The third kappa shape index (κ3) is 5.60. The Balaban J connectivity index is 1.54. The van der Waals surface area contributed by atoms with E-state index in [9.17, 15) is 0 Å². The van der Waals surface area contributed by atoms with Gasteiger partial charge in [-0.05, 0) is 43.2 Å². The number of rotatable bonds is 7. The van der Waals surface area contributed by atoms with Crippen LogP contribution in [0.4, 0.5) is 5.69 Å². The molecule has 1 aliphatic rings. The Morgan fingerprint density at radius 2 is 2.03 bits per heavy atom. The summed E-state index contributed by atoms with van der Waals surface area (Å²) >= 11 is 0. The zero-order chi connectivity index (χ0) is 21.3. The van der Waals surface area contributed by atoms with Crippen LogP contribution in [0.2, 0.25) is 0 Å². The minimum absolute atomic E-state index is 0.204. The van der Waals surface area contributed by atoms with Crippen LogP contribution in [-0.2, 0) is 6.54 Å². The van der Waals surface area contributed by atoms with Crippen LogP contribution in [0.15, 0.2) is 47.5 Å². The molecule has 0 radical (unpaired) electrons. The Morgan fingerprint density at radius 1 is 1.23 bits per heavy atom. The van der Waals surface area contributed by atoms with Gasteiger partial charge in [0.15, 0.2) is 17.5 Å². The van der Waals surface area contributed by atoms with Crippen molar-refractivity contribution in [1.29, 1.82) is 0 Å². The molecule has 0 aromatic heterocycles.